The molecule has 0 saturated carbocycles. The second kappa shape index (κ2) is 17.3. The predicted octanol–water partition coefficient (Wildman–Crippen LogP) is 5.13. The fourth-order valence-electron chi connectivity index (χ4n) is 6.80. The third kappa shape index (κ3) is 9.95. The second-order valence-corrected chi connectivity index (χ2v) is 13.7. The van der Waals surface area contributed by atoms with Gasteiger partial charge in [0.2, 0.25) is 0 Å². The summed E-state index contributed by atoms with van der Waals surface area (Å²) in [7, 11) is 4.44. The van der Waals surface area contributed by atoms with Gasteiger partial charge in [0, 0.05) is 82.6 Å². The van der Waals surface area contributed by atoms with Crippen LogP contribution >= 0.6 is 0 Å². The molecular formula is C39H56N8. The molecule has 4 heterocycles. The Kier molecular flexibility index (Phi) is 12.5. The third-order valence-corrected chi connectivity index (χ3v) is 10.0. The second-order valence-electron chi connectivity index (χ2n) is 13.7. The van der Waals surface area contributed by atoms with Gasteiger partial charge >= 0.3 is 0 Å². The zero-order valence-electron chi connectivity index (χ0n) is 28.8. The van der Waals surface area contributed by atoms with Crippen LogP contribution in [0.2, 0.25) is 0 Å². The Hall–Kier alpha value is -3.11. The average molecular weight is 637 g/mol. The number of nitrogens with zero attached hydrogens (tertiary/aromatic N) is 5. The lowest BCUT2D eigenvalue weighted by atomic mass is 9.99. The van der Waals surface area contributed by atoms with E-state index in [9.17, 15) is 0 Å². The van der Waals surface area contributed by atoms with Crippen molar-refractivity contribution in [2.75, 3.05) is 92.6 Å². The highest BCUT2D eigenvalue weighted by molar-refractivity contribution is 5.95. The molecule has 47 heavy (non-hydrogen) atoms. The van der Waals surface area contributed by atoms with Gasteiger partial charge in [0.15, 0.2) is 0 Å². The van der Waals surface area contributed by atoms with Crippen LogP contribution in [0, 0.1) is 0 Å². The number of nitrogens with one attached hydrogen (secondary N) is 3. The van der Waals surface area contributed by atoms with Crippen LogP contribution < -0.4 is 10.6 Å². The summed E-state index contributed by atoms with van der Waals surface area (Å²) in [5.41, 5.74) is 8.16. The van der Waals surface area contributed by atoms with E-state index in [1.165, 1.54) is 113 Å². The fourth-order valence-corrected chi connectivity index (χ4v) is 6.80. The molecule has 2 aromatic carbocycles. The summed E-state index contributed by atoms with van der Waals surface area (Å²) in [4.78, 5) is 18.4. The maximum atomic E-state index is 4.98. The van der Waals surface area contributed by atoms with E-state index in [1.807, 2.05) is 6.20 Å². The molecule has 0 radical (unpaired) electrons. The van der Waals surface area contributed by atoms with Crippen LogP contribution in [0.4, 0.5) is 0 Å². The molecular weight excluding hydrogens is 580 g/mol. The average Bonchev–Trinajstić information content (AvgIpc) is 3.59. The van der Waals surface area contributed by atoms with Crippen molar-refractivity contribution in [2.24, 2.45) is 0 Å². The van der Waals surface area contributed by atoms with Gasteiger partial charge in [-0.1, -0.05) is 48.5 Å². The molecule has 6 rings (SSSR count). The lowest BCUT2D eigenvalue weighted by molar-refractivity contribution is 0.152. The first kappa shape index (κ1) is 33.8. The normalized spacial score (nSPS) is 17.1. The van der Waals surface area contributed by atoms with Crippen LogP contribution in [0.15, 0.2) is 66.9 Å². The highest BCUT2D eigenvalue weighted by Gasteiger charge is 2.14. The molecule has 2 aliphatic heterocycles. The number of pyridine rings is 1. The number of fused-ring (bicyclic) bond motifs is 1. The van der Waals surface area contributed by atoms with Crippen molar-refractivity contribution in [3.8, 4) is 22.4 Å². The Balaban J connectivity index is 0.962. The predicted molar refractivity (Wildman–Crippen MR) is 197 cm³/mol. The summed E-state index contributed by atoms with van der Waals surface area (Å²) >= 11 is 0. The molecule has 2 aromatic heterocycles. The smallest absolute Gasteiger partial charge is 0.138 e. The van der Waals surface area contributed by atoms with Gasteiger partial charge in [0.1, 0.15) is 5.65 Å². The molecule has 0 atom stereocenters. The highest BCUT2D eigenvalue weighted by Crippen LogP contribution is 2.32. The lowest BCUT2D eigenvalue weighted by Crippen LogP contribution is -2.44. The Labute approximate surface area is 282 Å². The molecule has 0 unspecified atom stereocenters. The number of unbranched alkanes of at least 4 members (excludes halogenated alkanes) is 2. The first-order valence-electron chi connectivity index (χ1n) is 18.0. The van der Waals surface area contributed by atoms with E-state index in [0.29, 0.717) is 0 Å². The van der Waals surface area contributed by atoms with Gasteiger partial charge in [-0.2, -0.15) is 0 Å². The van der Waals surface area contributed by atoms with Crippen molar-refractivity contribution in [1.29, 1.82) is 0 Å². The number of aromatic nitrogens is 2. The van der Waals surface area contributed by atoms with Crippen LogP contribution in [-0.4, -0.2) is 122 Å². The van der Waals surface area contributed by atoms with E-state index in [0.717, 1.165) is 48.5 Å². The Bertz CT molecular complexity index is 1480. The summed E-state index contributed by atoms with van der Waals surface area (Å²) < 4.78 is 0. The van der Waals surface area contributed by atoms with Crippen LogP contribution in [-0.2, 0) is 13.1 Å². The Morgan fingerprint density at radius 2 is 1.13 bits per heavy atom. The number of benzene rings is 2. The Morgan fingerprint density at radius 1 is 0.617 bits per heavy atom. The lowest BCUT2D eigenvalue weighted by Gasteiger charge is -2.32. The maximum Gasteiger partial charge on any atom is 0.138 e. The molecule has 8 nitrogen and oxygen atoms in total. The van der Waals surface area contributed by atoms with Crippen LogP contribution in [0.1, 0.15) is 36.8 Å². The van der Waals surface area contributed by atoms with Crippen molar-refractivity contribution >= 4 is 11.0 Å². The van der Waals surface area contributed by atoms with E-state index in [2.05, 4.69) is 110 Å². The number of hydrogen-bond donors (Lipinski definition) is 3. The SMILES string of the molecule is CN1CCN(CCCCNCc2ccc(-c3cc(-c4ccc(CNCCCCN5CCN(C)CC5)cc4)c4cc[nH]c4n3)cc2)CC1. The molecule has 8 heteroatoms. The van der Waals surface area contributed by atoms with E-state index in [4.69, 9.17) is 4.98 Å². The first-order chi connectivity index (χ1) is 23.1. The number of piperazine rings is 2. The minimum absolute atomic E-state index is 0.904. The highest BCUT2D eigenvalue weighted by atomic mass is 15.2. The topological polar surface area (TPSA) is 65.7 Å². The first-order valence-corrected chi connectivity index (χ1v) is 18.0. The van der Waals surface area contributed by atoms with Gasteiger partial charge in [-0.15, -0.1) is 0 Å². The summed E-state index contributed by atoms with van der Waals surface area (Å²) in [5.74, 6) is 0. The van der Waals surface area contributed by atoms with Gasteiger partial charge in [-0.05, 0) is 100 Å². The molecule has 0 bridgehead atoms. The maximum absolute atomic E-state index is 4.98. The summed E-state index contributed by atoms with van der Waals surface area (Å²) in [6, 6.07) is 22.3. The fraction of sp³-hybridized carbons (Fsp3) is 0.513. The number of likely N-dealkylation sites (N-methyl/N-ethyl adjacent to an activating group) is 2. The summed E-state index contributed by atoms with van der Waals surface area (Å²) in [6.07, 6.45) is 6.98. The molecule has 3 N–H and O–H groups in total. The molecule has 0 aliphatic carbocycles. The van der Waals surface area contributed by atoms with Crippen molar-refractivity contribution in [3.63, 3.8) is 0 Å². The monoisotopic (exact) mass is 636 g/mol. The minimum atomic E-state index is 0.904. The molecule has 2 saturated heterocycles. The minimum Gasteiger partial charge on any atom is -0.346 e. The summed E-state index contributed by atoms with van der Waals surface area (Å²) in [6.45, 7) is 16.1. The quantitative estimate of drug-likeness (QED) is 0.147. The van der Waals surface area contributed by atoms with Crippen molar-refractivity contribution in [2.45, 2.75) is 38.8 Å². The number of hydrogen-bond acceptors (Lipinski definition) is 7. The van der Waals surface area contributed by atoms with Gasteiger partial charge in [0.25, 0.3) is 0 Å². The molecule has 0 amide bonds. The Morgan fingerprint density at radius 3 is 1.66 bits per heavy atom. The van der Waals surface area contributed by atoms with E-state index < -0.39 is 0 Å². The van der Waals surface area contributed by atoms with Crippen LogP contribution in [0.3, 0.4) is 0 Å². The van der Waals surface area contributed by atoms with Gasteiger partial charge in [-0.25, -0.2) is 4.98 Å². The molecule has 0 spiro atoms. The largest absolute Gasteiger partial charge is 0.346 e. The standard InChI is InChI=1S/C39H56N8/c1-44-21-25-46(26-22-44)19-5-3-16-40-30-32-7-11-34(12-8-32)37-29-38(43-39-36(37)15-18-42-39)35-13-9-33(10-14-35)31-41-17-4-6-20-47-27-23-45(2)24-28-47/h7-15,18,29,40-41H,3-6,16-17,19-28,30-31H2,1-2H3,(H,42,43). The zero-order chi connectivity index (χ0) is 32.3. The van der Waals surface area contributed by atoms with Gasteiger partial charge in [-0.3, -0.25) is 0 Å². The molecule has 2 aliphatic rings. The van der Waals surface area contributed by atoms with Crippen molar-refractivity contribution < 1.29 is 0 Å². The van der Waals surface area contributed by atoms with Gasteiger partial charge < -0.3 is 35.2 Å². The zero-order valence-corrected chi connectivity index (χ0v) is 28.8. The molecule has 252 valence electrons. The van der Waals surface area contributed by atoms with E-state index >= 15 is 0 Å². The van der Waals surface area contributed by atoms with Gasteiger partial charge in [0.05, 0.1) is 5.69 Å². The van der Waals surface area contributed by atoms with E-state index in [-0.39, 0.29) is 0 Å². The molecule has 4 aromatic rings. The number of rotatable bonds is 16. The van der Waals surface area contributed by atoms with Crippen molar-refractivity contribution in [1.82, 2.24) is 40.2 Å². The van der Waals surface area contributed by atoms with E-state index in [1.54, 1.807) is 0 Å². The number of H-pyrrole nitrogens is 1. The number of aromatic amines is 1. The summed E-state index contributed by atoms with van der Waals surface area (Å²) in [5, 5.41) is 8.45. The van der Waals surface area contributed by atoms with Crippen LogP contribution in [0.5, 0.6) is 0 Å². The third-order valence-electron chi connectivity index (χ3n) is 10.0. The van der Waals surface area contributed by atoms with Crippen molar-refractivity contribution in [3.05, 3.63) is 78.0 Å². The van der Waals surface area contributed by atoms with Crippen LogP contribution in [0.25, 0.3) is 33.4 Å². The molecule has 2 fully saturated rings.